The summed E-state index contributed by atoms with van der Waals surface area (Å²) in [6, 6.07) is 11.4. The van der Waals surface area contributed by atoms with Crippen LogP contribution in [0.5, 0.6) is 11.5 Å². The van der Waals surface area contributed by atoms with Crippen molar-refractivity contribution in [2.45, 2.75) is 6.42 Å². The van der Waals surface area contributed by atoms with Crippen LogP contribution in [0.1, 0.15) is 16.1 Å². The minimum absolute atomic E-state index is 0.227. The first-order chi connectivity index (χ1) is 13.1. The molecule has 1 heterocycles. The van der Waals surface area contributed by atoms with E-state index in [4.69, 9.17) is 9.47 Å². The molecular weight excluding hydrogens is 367 g/mol. The minimum atomic E-state index is -0.287. The van der Waals surface area contributed by atoms with Crippen molar-refractivity contribution in [1.29, 1.82) is 0 Å². The van der Waals surface area contributed by atoms with Crippen molar-refractivity contribution in [3.63, 3.8) is 0 Å². The van der Waals surface area contributed by atoms with E-state index in [0.29, 0.717) is 30.0 Å². The monoisotopic (exact) mass is 386 g/mol. The second-order valence-electron chi connectivity index (χ2n) is 5.73. The molecule has 0 saturated carbocycles. The van der Waals surface area contributed by atoms with Gasteiger partial charge in [-0.05, 0) is 24.3 Å². The van der Waals surface area contributed by atoms with Crippen LogP contribution in [-0.4, -0.2) is 31.7 Å². The van der Waals surface area contributed by atoms with Gasteiger partial charge in [-0.2, -0.15) is 0 Å². The lowest BCUT2D eigenvalue weighted by Crippen LogP contribution is -2.26. The fraction of sp³-hybridized carbons (Fsp3) is 0.200. The van der Waals surface area contributed by atoms with Crippen LogP contribution in [0.15, 0.2) is 47.8 Å². The van der Waals surface area contributed by atoms with E-state index in [2.05, 4.69) is 10.3 Å². The van der Waals surface area contributed by atoms with Crippen LogP contribution >= 0.6 is 11.3 Å². The summed E-state index contributed by atoms with van der Waals surface area (Å²) in [6.45, 7) is 0.431. The molecule has 1 aromatic heterocycles. The van der Waals surface area contributed by atoms with Gasteiger partial charge in [-0.1, -0.05) is 12.1 Å². The van der Waals surface area contributed by atoms with Gasteiger partial charge < -0.3 is 14.8 Å². The predicted octanol–water partition coefficient (Wildman–Crippen LogP) is 3.94. The molecule has 27 heavy (non-hydrogen) atoms. The number of carbonyl (C=O) groups excluding carboxylic acids is 1. The van der Waals surface area contributed by atoms with E-state index in [-0.39, 0.29) is 11.7 Å². The van der Waals surface area contributed by atoms with Gasteiger partial charge in [0.1, 0.15) is 22.3 Å². The van der Waals surface area contributed by atoms with Crippen molar-refractivity contribution in [1.82, 2.24) is 10.3 Å². The number of carbonyl (C=O) groups is 1. The second kappa shape index (κ2) is 8.64. The van der Waals surface area contributed by atoms with E-state index in [1.165, 1.54) is 30.6 Å². The number of thiazole rings is 1. The maximum absolute atomic E-state index is 13.3. The number of ether oxygens (including phenoxy) is 2. The minimum Gasteiger partial charge on any atom is -0.497 e. The first-order valence-corrected chi connectivity index (χ1v) is 9.19. The summed E-state index contributed by atoms with van der Waals surface area (Å²) >= 11 is 1.45. The SMILES string of the molecule is COc1ccc(C(=O)NCCc2csc(-c3cccc(F)c3)n2)c(OC)c1. The highest BCUT2D eigenvalue weighted by atomic mass is 32.1. The number of nitrogens with zero attached hydrogens (tertiary/aromatic N) is 1. The average Bonchev–Trinajstić information content (AvgIpc) is 3.16. The van der Waals surface area contributed by atoms with Gasteiger partial charge in [-0.25, -0.2) is 9.37 Å². The number of aromatic nitrogens is 1. The molecule has 0 unspecified atom stereocenters. The van der Waals surface area contributed by atoms with Crippen LogP contribution in [0.25, 0.3) is 10.6 Å². The highest BCUT2D eigenvalue weighted by Crippen LogP contribution is 2.25. The second-order valence-corrected chi connectivity index (χ2v) is 6.58. The van der Waals surface area contributed by atoms with Gasteiger partial charge in [0.05, 0.1) is 25.5 Å². The van der Waals surface area contributed by atoms with Crippen LogP contribution in [-0.2, 0) is 6.42 Å². The molecule has 0 aliphatic carbocycles. The van der Waals surface area contributed by atoms with Gasteiger partial charge in [0.2, 0.25) is 0 Å². The summed E-state index contributed by atoms with van der Waals surface area (Å²) in [5.74, 6) is 0.560. The highest BCUT2D eigenvalue weighted by molar-refractivity contribution is 7.13. The van der Waals surface area contributed by atoms with E-state index in [1.54, 1.807) is 31.4 Å². The Labute approximate surface area is 160 Å². The van der Waals surface area contributed by atoms with Crippen molar-refractivity contribution in [3.05, 3.63) is 64.9 Å². The first kappa shape index (κ1) is 18.8. The largest absolute Gasteiger partial charge is 0.497 e. The number of hydrogen-bond donors (Lipinski definition) is 1. The normalized spacial score (nSPS) is 10.5. The average molecular weight is 386 g/mol. The van der Waals surface area contributed by atoms with Crippen molar-refractivity contribution < 1.29 is 18.7 Å². The summed E-state index contributed by atoms with van der Waals surface area (Å²) in [5.41, 5.74) is 2.04. The molecule has 0 fully saturated rings. The van der Waals surface area contributed by atoms with E-state index >= 15 is 0 Å². The first-order valence-electron chi connectivity index (χ1n) is 8.31. The summed E-state index contributed by atoms with van der Waals surface area (Å²) < 4.78 is 23.7. The lowest BCUT2D eigenvalue weighted by Gasteiger charge is -2.10. The molecule has 0 aliphatic heterocycles. The van der Waals surface area contributed by atoms with Crippen LogP contribution < -0.4 is 14.8 Å². The molecule has 5 nitrogen and oxygen atoms in total. The van der Waals surface area contributed by atoms with Crippen LogP contribution in [0.4, 0.5) is 4.39 Å². The fourth-order valence-electron chi connectivity index (χ4n) is 2.56. The van der Waals surface area contributed by atoms with E-state index in [0.717, 1.165) is 16.3 Å². The molecule has 3 rings (SSSR count). The number of hydrogen-bond acceptors (Lipinski definition) is 5. The van der Waals surface area contributed by atoms with E-state index in [9.17, 15) is 9.18 Å². The Bertz CT molecular complexity index is 942. The number of methoxy groups -OCH3 is 2. The number of amides is 1. The number of benzene rings is 2. The standard InChI is InChI=1S/C20H19FN2O3S/c1-25-16-6-7-17(18(11-16)26-2)19(24)22-9-8-15-12-27-20(23-15)13-4-3-5-14(21)10-13/h3-7,10-12H,8-9H2,1-2H3,(H,22,24). The highest BCUT2D eigenvalue weighted by Gasteiger charge is 2.13. The predicted molar refractivity (Wildman–Crippen MR) is 103 cm³/mol. The smallest absolute Gasteiger partial charge is 0.255 e. The zero-order chi connectivity index (χ0) is 19.2. The molecule has 1 N–H and O–H groups in total. The topological polar surface area (TPSA) is 60.5 Å². The fourth-order valence-corrected chi connectivity index (χ4v) is 3.41. The molecule has 0 bridgehead atoms. The molecule has 0 atom stereocenters. The maximum Gasteiger partial charge on any atom is 0.255 e. The summed E-state index contributed by atoms with van der Waals surface area (Å²) in [6.07, 6.45) is 0.579. The Kier molecular flexibility index (Phi) is 6.03. The van der Waals surface area contributed by atoms with Gasteiger partial charge >= 0.3 is 0 Å². The molecule has 1 amide bonds. The van der Waals surface area contributed by atoms with Gasteiger partial charge in [-0.15, -0.1) is 11.3 Å². The Balaban J connectivity index is 1.59. The molecular formula is C20H19FN2O3S. The molecule has 0 spiro atoms. The lowest BCUT2D eigenvalue weighted by atomic mass is 10.1. The van der Waals surface area contributed by atoms with Crippen molar-refractivity contribution in [2.24, 2.45) is 0 Å². The molecule has 0 saturated heterocycles. The number of rotatable bonds is 7. The molecule has 3 aromatic rings. The van der Waals surface area contributed by atoms with Gasteiger partial charge in [0.15, 0.2) is 0 Å². The Hall–Kier alpha value is -2.93. The molecule has 7 heteroatoms. The van der Waals surface area contributed by atoms with Gasteiger partial charge in [0, 0.05) is 30.0 Å². The Morgan fingerprint density at radius 2 is 2.04 bits per heavy atom. The Morgan fingerprint density at radius 3 is 2.78 bits per heavy atom. The molecule has 140 valence electrons. The third-order valence-corrected chi connectivity index (χ3v) is 4.88. The summed E-state index contributed by atoms with van der Waals surface area (Å²) in [7, 11) is 3.06. The molecule has 2 aromatic carbocycles. The summed E-state index contributed by atoms with van der Waals surface area (Å²) in [4.78, 5) is 16.9. The summed E-state index contributed by atoms with van der Waals surface area (Å²) in [5, 5.41) is 5.54. The third-order valence-electron chi connectivity index (χ3n) is 3.94. The quantitative estimate of drug-likeness (QED) is 0.668. The number of nitrogens with one attached hydrogen (secondary N) is 1. The van der Waals surface area contributed by atoms with Crippen LogP contribution in [0.3, 0.4) is 0 Å². The van der Waals surface area contributed by atoms with Crippen LogP contribution in [0, 0.1) is 5.82 Å². The third kappa shape index (κ3) is 4.62. The molecule has 0 radical (unpaired) electrons. The van der Waals surface area contributed by atoms with Gasteiger partial charge in [0.25, 0.3) is 5.91 Å². The molecule has 0 aliphatic rings. The zero-order valence-electron chi connectivity index (χ0n) is 15.0. The number of halogens is 1. The van der Waals surface area contributed by atoms with E-state index < -0.39 is 0 Å². The van der Waals surface area contributed by atoms with Crippen LogP contribution in [0.2, 0.25) is 0 Å². The lowest BCUT2D eigenvalue weighted by molar-refractivity contribution is 0.0951. The van der Waals surface area contributed by atoms with Crippen molar-refractivity contribution in [2.75, 3.05) is 20.8 Å². The maximum atomic E-state index is 13.3. The zero-order valence-corrected chi connectivity index (χ0v) is 15.8. The van der Waals surface area contributed by atoms with Gasteiger partial charge in [-0.3, -0.25) is 4.79 Å². The van der Waals surface area contributed by atoms with Crippen molar-refractivity contribution in [3.8, 4) is 22.1 Å². The van der Waals surface area contributed by atoms with Crippen molar-refractivity contribution >= 4 is 17.2 Å². The van der Waals surface area contributed by atoms with E-state index in [1.807, 2.05) is 11.4 Å². The Morgan fingerprint density at radius 1 is 1.19 bits per heavy atom.